The summed E-state index contributed by atoms with van der Waals surface area (Å²) in [5, 5.41) is 5.19. The summed E-state index contributed by atoms with van der Waals surface area (Å²) >= 11 is 0. The van der Waals surface area contributed by atoms with E-state index in [1.165, 1.54) is 33.0 Å². The lowest BCUT2D eigenvalue weighted by atomic mass is 9.98. The SMILES string of the molecule is O=C(NCCC#Cc1ccc2[nH]c3ccccc3c2c1)OCC1c2ccccc2-c2ccccc21. The molecule has 0 saturated carbocycles. The molecule has 35 heavy (non-hydrogen) atoms. The van der Waals surface area contributed by atoms with Gasteiger partial charge >= 0.3 is 6.09 Å². The monoisotopic (exact) mass is 456 g/mol. The van der Waals surface area contributed by atoms with Crippen LogP contribution >= 0.6 is 0 Å². The van der Waals surface area contributed by atoms with Gasteiger partial charge in [-0.3, -0.25) is 0 Å². The third kappa shape index (κ3) is 4.02. The molecular formula is C31H24N2O2. The molecule has 0 atom stereocenters. The first-order valence-corrected chi connectivity index (χ1v) is 11.9. The summed E-state index contributed by atoms with van der Waals surface area (Å²) in [5.41, 5.74) is 8.05. The fourth-order valence-corrected chi connectivity index (χ4v) is 4.97. The van der Waals surface area contributed by atoms with Gasteiger partial charge in [0, 0.05) is 46.3 Å². The van der Waals surface area contributed by atoms with Crippen molar-refractivity contribution in [3.05, 3.63) is 108 Å². The van der Waals surface area contributed by atoms with Crippen LogP contribution in [-0.2, 0) is 4.74 Å². The Hall–Kier alpha value is -4.49. The molecule has 0 spiro atoms. The van der Waals surface area contributed by atoms with E-state index >= 15 is 0 Å². The van der Waals surface area contributed by atoms with Gasteiger partial charge in [0.05, 0.1) is 0 Å². The normalized spacial score (nSPS) is 12.1. The van der Waals surface area contributed by atoms with Crippen LogP contribution in [0.15, 0.2) is 91.0 Å². The van der Waals surface area contributed by atoms with Gasteiger partial charge in [-0.05, 0) is 46.5 Å². The molecule has 170 valence electrons. The highest BCUT2D eigenvalue weighted by molar-refractivity contribution is 6.07. The van der Waals surface area contributed by atoms with Crippen molar-refractivity contribution in [2.45, 2.75) is 12.3 Å². The van der Waals surface area contributed by atoms with E-state index in [1.54, 1.807) is 0 Å². The number of aromatic nitrogens is 1. The Balaban J connectivity index is 1.04. The van der Waals surface area contributed by atoms with Crippen LogP contribution in [0.4, 0.5) is 4.79 Å². The van der Waals surface area contributed by atoms with E-state index in [0.717, 1.165) is 16.6 Å². The van der Waals surface area contributed by atoms with Gasteiger partial charge < -0.3 is 15.0 Å². The predicted octanol–water partition coefficient (Wildman–Crippen LogP) is 6.60. The van der Waals surface area contributed by atoms with E-state index in [-0.39, 0.29) is 5.92 Å². The maximum absolute atomic E-state index is 12.3. The van der Waals surface area contributed by atoms with Crippen LogP contribution in [0.1, 0.15) is 29.0 Å². The highest BCUT2D eigenvalue weighted by Gasteiger charge is 2.28. The number of aromatic amines is 1. The van der Waals surface area contributed by atoms with Crippen molar-refractivity contribution in [2.24, 2.45) is 0 Å². The maximum atomic E-state index is 12.3. The van der Waals surface area contributed by atoms with Crippen molar-refractivity contribution < 1.29 is 9.53 Å². The molecule has 1 heterocycles. The number of nitrogens with one attached hydrogen (secondary N) is 2. The molecule has 0 unspecified atom stereocenters. The van der Waals surface area contributed by atoms with Crippen LogP contribution in [0, 0.1) is 11.8 Å². The summed E-state index contributed by atoms with van der Waals surface area (Å²) in [4.78, 5) is 15.7. The lowest BCUT2D eigenvalue weighted by Crippen LogP contribution is -2.26. The Morgan fingerprint density at radius 3 is 2.31 bits per heavy atom. The Bertz CT molecular complexity index is 1570. The van der Waals surface area contributed by atoms with Crippen LogP contribution in [0.3, 0.4) is 0 Å². The Kier molecular flexibility index (Phi) is 5.44. The molecule has 1 aromatic heterocycles. The maximum Gasteiger partial charge on any atom is 0.407 e. The first-order chi connectivity index (χ1) is 17.3. The zero-order valence-electron chi connectivity index (χ0n) is 19.2. The van der Waals surface area contributed by atoms with Gasteiger partial charge in [-0.1, -0.05) is 78.6 Å². The van der Waals surface area contributed by atoms with Crippen LogP contribution in [0.2, 0.25) is 0 Å². The number of rotatable bonds is 4. The van der Waals surface area contributed by atoms with Gasteiger partial charge in [0.1, 0.15) is 6.61 Å². The first-order valence-electron chi connectivity index (χ1n) is 11.9. The van der Waals surface area contributed by atoms with Crippen LogP contribution in [-0.4, -0.2) is 24.2 Å². The number of benzene rings is 4. The first kappa shape index (κ1) is 21.1. The zero-order chi connectivity index (χ0) is 23.6. The number of ether oxygens (including phenoxy) is 1. The fourth-order valence-electron chi connectivity index (χ4n) is 4.97. The van der Waals surface area contributed by atoms with E-state index < -0.39 is 6.09 Å². The minimum absolute atomic E-state index is 0.0624. The number of para-hydroxylation sites is 1. The molecule has 2 N–H and O–H groups in total. The summed E-state index contributed by atoms with van der Waals surface area (Å²) in [6.45, 7) is 0.759. The second-order valence-corrected chi connectivity index (χ2v) is 8.74. The van der Waals surface area contributed by atoms with Gasteiger partial charge in [0.2, 0.25) is 0 Å². The number of hydrogen-bond donors (Lipinski definition) is 2. The molecule has 4 aromatic carbocycles. The second kappa shape index (κ2) is 9.04. The molecule has 0 aliphatic heterocycles. The molecule has 4 nitrogen and oxygen atoms in total. The molecule has 0 saturated heterocycles. The highest BCUT2D eigenvalue weighted by atomic mass is 16.5. The minimum atomic E-state index is -0.408. The largest absolute Gasteiger partial charge is 0.449 e. The van der Waals surface area contributed by atoms with E-state index in [4.69, 9.17) is 4.74 Å². The molecule has 0 fully saturated rings. The van der Waals surface area contributed by atoms with E-state index in [1.807, 2.05) is 42.5 Å². The molecule has 5 aromatic rings. The number of hydrogen-bond acceptors (Lipinski definition) is 2. The van der Waals surface area contributed by atoms with Crippen molar-refractivity contribution in [3.8, 4) is 23.0 Å². The summed E-state index contributed by atoms with van der Waals surface area (Å²) in [6.07, 6.45) is 0.143. The van der Waals surface area contributed by atoms with Crippen molar-refractivity contribution in [1.82, 2.24) is 10.3 Å². The quantitative estimate of drug-likeness (QED) is 0.236. The standard InChI is InChI=1S/C31H24N2O2/c34-31(35-20-28-24-12-3-1-10-22(24)23-11-2-4-13-25(23)28)32-18-8-7-9-21-16-17-30-27(19-21)26-14-5-6-15-29(26)33-30/h1-6,10-17,19,28,33H,8,18,20H2,(H,32,34). The lowest BCUT2D eigenvalue weighted by Gasteiger charge is -2.14. The van der Waals surface area contributed by atoms with Gasteiger partial charge in [-0.25, -0.2) is 4.79 Å². The molecule has 1 amide bonds. The van der Waals surface area contributed by atoms with Crippen LogP contribution < -0.4 is 5.32 Å². The topological polar surface area (TPSA) is 54.1 Å². The molecular weight excluding hydrogens is 432 g/mol. The number of carbonyl (C=O) groups excluding carboxylic acids is 1. The van der Waals surface area contributed by atoms with Crippen molar-refractivity contribution in [2.75, 3.05) is 13.2 Å². The highest BCUT2D eigenvalue weighted by Crippen LogP contribution is 2.44. The van der Waals surface area contributed by atoms with Crippen molar-refractivity contribution in [3.63, 3.8) is 0 Å². The van der Waals surface area contributed by atoms with Crippen LogP contribution in [0.25, 0.3) is 32.9 Å². The molecule has 1 aliphatic rings. The van der Waals surface area contributed by atoms with Gasteiger partial charge in [-0.2, -0.15) is 0 Å². The van der Waals surface area contributed by atoms with Crippen molar-refractivity contribution in [1.29, 1.82) is 0 Å². The smallest absolute Gasteiger partial charge is 0.407 e. The average Bonchev–Trinajstić information content (AvgIpc) is 3.43. The minimum Gasteiger partial charge on any atom is -0.449 e. The fraction of sp³-hybridized carbons (Fsp3) is 0.129. The Morgan fingerprint density at radius 2 is 1.51 bits per heavy atom. The third-order valence-electron chi connectivity index (χ3n) is 6.60. The van der Waals surface area contributed by atoms with E-state index in [9.17, 15) is 4.79 Å². The van der Waals surface area contributed by atoms with E-state index in [0.29, 0.717) is 19.6 Å². The number of H-pyrrole nitrogens is 1. The third-order valence-corrected chi connectivity index (χ3v) is 6.60. The summed E-state index contributed by atoms with van der Waals surface area (Å²) in [7, 11) is 0. The Labute approximate surface area is 203 Å². The van der Waals surface area contributed by atoms with Gasteiger partial charge in [0.15, 0.2) is 0 Å². The van der Waals surface area contributed by atoms with Crippen molar-refractivity contribution >= 4 is 27.9 Å². The zero-order valence-corrected chi connectivity index (χ0v) is 19.2. The summed E-state index contributed by atoms with van der Waals surface area (Å²) in [5.74, 6) is 6.42. The lowest BCUT2D eigenvalue weighted by molar-refractivity contribution is 0.143. The van der Waals surface area contributed by atoms with Gasteiger partial charge in [0.25, 0.3) is 0 Å². The van der Waals surface area contributed by atoms with Gasteiger partial charge in [-0.15, -0.1) is 0 Å². The predicted molar refractivity (Wildman–Crippen MR) is 140 cm³/mol. The van der Waals surface area contributed by atoms with E-state index in [2.05, 4.69) is 70.7 Å². The molecule has 0 bridgehead atoms. The summed E-state index contributed by atoms with van der Waals surface area (Å²) < 4.78 is 5.58. The molecule has 1 aliphatic carbocycles. The number of fused-ring (bicyclic) bond motifs is 6. The Morgan fingerprint density at radius 1 is 0.829 bits per heavy atom. The number of alkyl carbamates (subject to hydrolysis) is 1. The summed E-state index contributed by atoms with van der Waals surface area (Å²) in [6, 6.07) is 31.1. The second-order valence-electron chi connectivity index (χ2n) is 8.74. The average molecular weight is 457 g/mol. The number of carbonyl (C=O) groups is 1. The molecule has 4 heteroatoms. The van der Waals surface area contributed by atoms with Crippen LogP contribution in [0.5, 0.6) is 0 Å². The number of amides is 1. The molecule has 6 rings (SSSR count). The molecule has 0 radical (unpaired) electrons.